The first-order chi connectivity index (χ1) is 20.7. The van der Waals surface area contributed by atoms with Crippen LogP contribution in [0.15, 0.2) is 152 Å². The highest BCUT2D eigenvalue weighted by Crippen LogP contribution is 2.46. The van der Waals surface area contributed by atoms with Gasteiger partial charge in [-0.15, -0.1) is 0 Å². The van der Waals surface area contributed by atoms with Crippen LogP contribution < -0.4 is 4.90 Å². The van der Waals surface area contributed by atoms with Gasteiger partial charge in [0.1, 0.15) is 17.2 Å². The van der Waals surface area contributed by atoms with Crippen LogP contribution in [0.1, 0.15) is 17.2 Å². The normalized spacial score (nSPS) is 14.0. The van der Waals surface area contributed by atoms with Gasteiger partial charge in [0.2, 0.25) is 0 Å². The summed E-state index contributed by atoms with van der Waals surface area (Å²) in [5.41, 5.74) is 13.0. The van der Waals surface area contributed by atoms with E-state index in [-0.39, 0.29) is 6.04 Å². The SMILES string of the molecule is CN1c2c(nc3ccccn23)-c2ccccc2C1c1ccc(-c2cc(-c3ccccc3)cc(-c3ccccc3)c2)cc1. The van der Waals surface area contributed by atoms with Crippen molar-refractivity contribution in [2.24, 2.45) is 0 Å². The molecule has 1 aliphatic heterocycles. The van der Waals surface area contributed by atoms with Crippen molar-refractivity contribution in [3.05, 3.63) is 163 Å². The fraction of sp³-hybridized carbons (Fsp3) is 0.0513. The van der Waals surface area contributed by atoms with Crippen molar-refractivity contribution in [1.82, 2.24) is 9.38 Å². The van der Waals surface area contributed by atoms with Crippen molar-refractivity contribution in [2.75, 3.05) is 11.9 Å². The van der Waals surface area contributed by atoms with E-state index in [1.807, 2.05) is 6.07 Å². The Kier molecular flexibility index (Phi) is 5.75. The smallest absolute Gasteiger partial charge is 0.142 e. The van der Waals surface area contributed by atoms with Crippen molar-refractivity contribution in [3.8, 4) is 44.6 Å². The minimum Gasteiger partial charge on any atom is -0.348 e. The van der Waals surface area contributed by atoms with E-state index in [4.69, 9.17) is 4.98 Å². The minimum atomic E-state index is 0.0818. The van der Waals surface area contributed by atoms with Gasteiger partial charge in [-0.2, -0.15) is 0 Å². The number of aromatic nitrogens is 2. The molecule has 1 atom stereocenters. The monoisotopic (exact) mass is 539 g/mol. The molecule has 7 aromatic rings. The predicted molar refractivity (Wildman–Crippen MR) is 174 cm³/mol. The topological polar surface area (TPSA) is 20.5 Å². The summed E-state index contributed by atoms with van der Waals surface area (Å²) in [5.74, 6) is 1.13. The number of hydrogen-bond acceptors (Lipinski definition) is 2. The van der Waals surface area contributed by atoms with Crippen LogP contribution in [0.5, 0.6) is 0 Å². The van der Waals surface area contributed by atoms with Gasteiger partial charge >= 0.3 is 0 Å². The van der Waals surface area contributed by atoms with Crippen molar-refractivity contribution >= 4 is 11.5 Å². The van der Waals surface area contributed by atoms with E-state index in [2.05, 4.69) is 162 Å². The van der Waals surface area contributed by atoms with Gasteiger partial charge in [-0.05, 0) is 74.8 Å². The van der Waals surface area contributed by atoms with Crippen LogP contribution in [0.2, 0.25) is 0 Å². The third-order valence-electron chi connectivity index (χ3n) is 8.44. The molecule has 0 N–H and O–H groups in total. The maximum absolute atomic E-state index is 5.01. The summed E-state index contributed by atoms with van der Waals surface area (Å²) in [6.45, 7) is 0. The Balaban J connectivity index is 1.23. The first-order valence-electron chi connectivity index (χ1n) is 14.4. The fourth-order valence-electron chi connectivity index (χ4n) is 6.43. The van der Waals surface area contributed by atoms with E-state index in [1.165, 1.54) is 50.1 Å². The number of rotatable bonds is 4. The van der Waals surface area contributed by atoms with Gasteiger partial charge in [-0.1, -0.05) is 115 Å². The van der Waals surface area contributed by atoms with E-state index in [0.29, 0.717) is 0 Å². The number of nitrogens with zero attached hydrogens (tertiary/aromatic N) is 3. The lowest BCUT2D eigenvalue weighted by atomic mass is 9.87. The van der Waals surface area contributed by atoms with Crippen molar-refractivity contribution in [2.45, 2.75) is 6.04 Å². The van der Waals surface area contributed by atoms with Crippen LogP contribution >= 0.6 is 0 Å². The van der Waals surface area contributed by atoms with Gasteiger partial charge in [0, 0.05) is 18.8 Å². The molecule has 0 fully saturated rings. The standard InChI is InChI=1S/C39H29N3/c1-41-38(35-17-9-8-16-34(35)37-39(41)42-23-11-10-18-36(42)40-37)30-21-19-29(20-22-30)33-25-31(27-12-4-2-5-13-27)24-32(26-33)28-14-6-3-7-15-28/h2-26,38H,1H3. The largest absolute Gasteiger partial charge is 0.348 e. The molecule has 8 rings (SSSR count). The third kappa shape index (κ3) is 4.02. The molecular formula is C39H29N3. The number of anilines is 1. The van der Waals surface area contributed by atoms with E-state index in [0.717, 1.165) is 17.2 Å². The average molecular weight is 540 g/mol. The molecule has 0 amide bonds. The zero-order chi connectivity index (χ0) is 28.0. The molecule has 3 nitrogen and oxygen atoms in total. The maximum Gasteiger partial charge on any atom is 0.142 e. The second kappa shape index (κ2) is 9.90. The molecule has 0 aliphatic carbocycles. The van der Waals surface area contributed by atoms with Gasteiger partial charge in [-0.25, -0.2) is 4.98 Å². The van der Waals surface area contributed by atoms with E-state index in [1.54, 1.807) is 0 Å². The Morgan fingerprint density at radius 1 is 0.524 bits per heavy atom. The Morgan fingerprint density at radius 3 is 1.71 bits per heavy atom. The molecule has 0 radical (unpaired) electrons. The average Bonchev–Trinajstić information content (AvgIpc) is 3.46. The molecule has 5 aromatic carbocycles. The molecule has 0 bridgehead atoms. The number of benzene rings is 5. The number of hydrogen-bond donors (Lipinski definition) is 0. The zero-order valence-electron chi connectivity index (χ0n) is 23.4. The van der Waals surface area contributed by atoms with Gasteiger partial charge in [-0.3, -0.25) is 4.40 Å². The molecule has 200 valence electrons. The molecule has 3 heteroatoms. The molecule has 2 aromatic heterocycles. The fourth-order valence-corrected chi connectivity index (χ4v) is 6.43. The number of imidazole rings is 1. The molecule has 0 saturated carbocycles. The Bertz CT molecular complexity index is 1980. The van der Waals surface area contributed by atoms with Gasteiger partial charge in [0.05, 0.1) is 6.04 Å². The second-order valence-corrected chi connectivity index (χ2v) is 11.0. The van der Waals surface area contributed by atoms with Crippen molar-refractivity contribution < 1.29 is 0 Å². The number of pyridine rings is 1. The van der Waals surface area contributed by atoms with E-state index in [9.17, 15) is 0 Å². The third-order valence-corrected chi connectivity index (χ3v) is 8.44. The van der Waals surface area contributed by atoms with Gasteiger partial charge in [0.25, 0.3) is 0 Å². The lowest BCUT2D eigenvalue weighted by molar-refractivity contribution is 0.757. The van der Waals surface area contributed by atoms with E-state index >= 15 is 0 Å². The van der Waals surface area contributed by atoms with Crippen molar-refractivity contribution in [3.63, 3.8) is 0 Å². The number of fused-ring (bicyclic) bond motifs is 5. The molecule has 42 heavy (non-hydrogen) atoms. The Labute approximate surface area is 246 Å². The van der Waals surface area contributed by atoms with Crippen LogP contribution in [0, 0.1) is 0 Å². The summed E-state index contributed by atoms with van der Waals surface area (Å²) >= 11 is 0. The highest BCUT2D eigenvalue weighted by Gasteiger charge is 2.33. The van der Waals surface area contributed by atoms with Crippen LogP contribution in [-0.2, 0) is 0 Å². The first-order valence-corrected chi connectivity index (χ1v) is 14.4. The van der Waals surface area contributed by atoms with Gasteiger partial charge in [0.15, 0.2) is 0 Å². The lowest BCUT2D eigenvalue weighted by Crippen LogP contribution is -2.30. The highest BCUT2D eigenvalue weighted by atomic mass is 15.3. The van der Waals surface area contributed by atoms with Crippen LogP contribution in [0.25, 0.3) is 50.3 Å². The minimum absolute atomic E-state index is 0.0818. The summed E-state index contributed by atoms with van der Waals surface area (Å²) in [7, 11) is 2.18. The maximum atomic E-state index is 5.01. The molecule has 0 spiro atoms. The van der Waals surface area contributed by atoms with Crippen molar-refractivity contribution in [1.29, 1.82) is 0 Å². The Hall–Kier alpha value is -5.41. The zero-order valence-corrected chi connectivity index (χ0v) is 23.4. The molecule has 1 unspecified atom stereocenters. The summed E-state index contributed by atoms with van der Waals surface area (Å²) in [5, 5.41) is 0. The summed E-state index contributed by atoms with van der Waals surface area (Å²) < 4.78 is 2.20. The quantitative estimate of drug-likeness (QED) is 0.222. The summed E-state index contributed by atoms with van der Waals surface area (Å²) in [6.07, 6.45) is 2.11. The molecule has 0 saturated heterocycles. The van der Waals surface area contributed by atoms with E-state index < -0.39 is 0 Å². The summed E-state index contributed by atoms with van der Waals surface area (Å²) in [6, 6.07) is 52.3. The lowest BCUT2D eigenvalue weighted by Gasteiger charge is -2.36. The highest BCUT2D eigenvalue weighted by molar-refractivity contribution is 5.85. The predicted octanol–water partition coefficient (Wildman–Crippen LogP) is 9.54. The van der Waals surface area contributed by atoms with Crippen LogP contribution in [-0.4, -0.2) is 16.4 Å². The Morgan fingerprint density at radius 2 is 1.07 bits per heavy atom. The summed E-state index contributed by atoms with van der Waals surface area (Å²) in [4.78, 5) is 7.39. The molecule has 3 heterocycles. The second-order valence-electron chi connectivity index (χ2n) is 11.0. The molecule has 1 aliphatic rings. The first kappa shape index (κ1) is 24.4. The van der Waals surface area contributed by atoms with Crippen LogP contribution in [0.3, 0.4) is 0 Å². The molecular weight excluding hydrogens is 510 g/mol. The van der Waals surface area contributed by atoms with Gasteiger partial charge < -0.3 is 4.90 Å². The van der Waals surface area contributed by atoms with Crippen LogP contribution in [0.4, 0.5) is 5.82 Å².